The molecule has 0 spiro atoms. The lowest BCUT2D eigenvalue weighted by molar-refractivity contribution is 0.0992. The topological polar surface area (TPSA) is 56.8 Å². The fourth-order valence-electron chi connectivity index (χ4n) is 2.98. The van der Waals surface area contributed by atoms with Crippen LogP contribution in [0.25, 0.3) is 0 Å². The van der Waals surface area contributed by atoms with Gasteiger partial charge in [-0.3, -0.25) is 9.78 Å². The molecule has 1 aromatic carbocycles. The number of pyridine rings is 1. The average molecular weight is 373 g/mol. The minimum atomic E-state index is -0.130. The van der Waals surface area contributed by atoms with Crippen molar-refractivity contribution in [1.82, 2.24) is 14.8 Å². The van der Waals surface area contributed by atoms with Gasteiger partial charge in [-0.05, 0) is 42.3 Å². The molecule has 1 aromatic heterocycles. The van der Waals surface area contributed by atoms with Crippen molar-refractivity contribution < 1.29 is 9.59 Å². The van der Waals surface area contributed by atoms with Crippen molar-refractivity contribution >= 4 is 29.2 Å². The van der Waals surface area contributed by atoms with E-state index in [1.807, 2.05) is 13.0 Å². The molecule has 3 amide bonds. The highest BCUT2D eigenvalue weighted by molar-refractivity contribution is 6.30. The molecule has 7 heteroatoms. The van der Waals surface area contributed by atoms with Gasteiger partial charge in [-0.25, -0.2) is 4.79 Å². The summed E-state index contributed by atoms with van der Waals surface area (Å²) < 4.78 is 0. The van der Waals surface area contributed by atoms with Gasteiger partial charge in [0.25, 0.3) is 5.91 Å². The van der Waals surface area contributed by atoms with Gasteiger partial charge >= 0.3 is 6.03 Å². The Morgan fingerprint density at radius 2 is 2.04 bits per heavy atom. The smallest absolute Gasteiger partial charge is 0.320 e. The first kappa shape index (κ1) is 18.2. The van der Waals surface area contributed by atoms with Crippen molar-refractivity contribution in [3.8, 4) is 0 Å². The first-order valence-electron chi connectivity index (χ1n) is 8.35. The van der Waals surface area contributed by atoms with Crippen LogP contribution in [-0.2, 0) is 6.54 Å². The Morgan fingerprint density at radius 3 is 2.69 bits per heavy atom. The molecular weight excluding hydrogens is 352 g/mol. The third-order valence-electron chi connectivity index (χ3n) is 4.57. The van der Waals surface area contributed by atoms with Gasteiger partial charge in [0, 0.05) is 50.5 Å². The molecule has 1 fully saturated rings. The number of amides is 3. The maximum Gasteiger partial charge on any atom is 0.320 e. The molecule has 1 aliphatic rings. The number of halogens is 1. The van der Waals surface area contributed by atoms with Gasteiger partial charge in [-0.15, -0.1) is 0 Å². The quantitative estimate of drug-likeness (QED) is 0.828. The van der Waals surface area contributed by atoms with Gasteiger partial charge in [0.1, 0.15) is 0 Å². The predicted molar refractivity (Wildman–Crippen MR) is 102 cm³/mol. The molecule has 1 aliphatic heterocycles. The first-order valence-corrected chi connectivity index (χ1v) is 8.73. The number of likely N-dealkylation sites (N-methyl/N-ethyl adjacent to an activating group) is 1. The van der Waals surface area contributed by atoms with Gasteiger partial charge in [0.2, 0.25) is 0 Å². The van der Waals surface area contributed by atoms with E-state index >= 15 is 0 Å². The number of hydrogen-bond acceptors (Lipinski definition) is 3. The second-order valence-electron chi connectivity index (χ2n) is 6.50. The minimum absolute atomic E-state index is 0.0108. The van der Waals surface area contributed by atoms with Crippen molar-refractivity contribution in [2.75, 3.05) is 32.1 Å². The van der Waals surface area contributed by atoms with Crippen LogP contribution in [0.2, 0.25) is 5.02 Å². The summed E-state index contributed by atoms with van der Waals surface area (Å²) in [7, 11) is 3.50. The Hall–Kier alpha value is -2.60. The molecule has 3 rings (SSSR count). The van der Waals surface area contributed by atoms with Crippen LogP contribution in [0.3, 0.4) is 0 Å². The van der Waals surface area contributed by atoms with Crippen LogP contribution in [-0.4, -0.2) is 53.9 Å². The summed E-state index contributed by atoms with van der Waals surface area (Å²) in [6.45, 7) is 3.75. The highest BCUT2D eigenvalue weighted by Gasteiger charge is 2.25. The lowest BCUT2D eigenvalue weighted by atomic mass is 10.1. The van der Waals surface area contributed by atoms with Gasteiger partial charge in [0.05, 0.1) is 11.9 Å². The zero-order valence-electron chi connectivity index (χ0n) is 15.1. The van der Waals surface area contributed by atoms with Crippen LogP contribution < -0.4 is 4.90 Å². The maximum absolute atomic E-state index is 12.8. The normalized spacial score (nSPS) is 14.1. The van der Waals surface area contributed by atoms with Crippen molar-refractivity contribution in [3.63, 3.8) is 0 Å². The van der Waals surface area contributed by atoms with Crippen molar-refractivity contribution in [3.05, 3.63) is 58.4 Å². The molecule has 0 aliphatic carbocycles. The molecule has 2 aromatic rings. The summed E-state index contributed by atoms with van der Waals surface area (Å²) >= 11 is 5.97. The molecule has 0 unspecified atom stereocenters. The van der Waals surface area contributed by atoms with E-state index in [2.05, 4.69) is 4.98 Å². The van der Waals surface area contributed by atoms with Gasteiger partial charge in [-0.2, -0.15) is 0 Å². The predicted octanol–water partition coefficient (Wildman–Crippen LogP) is 3.19. The Bertz CT molecular complexity index is 855. The summed E-state index contributed by atoms with van der Waals surface area (Å²) in [5.74, 6) is -0.130. The Balaban J connectivity index is 1.78. The molecule has 6 nitrogen and oxygen atoms in total. The highest BCUT2D eigenvalue weighted by atomic mass is 35.5. The molecule has 0 saturated carbocycles. The molecule has 0 radical (unpaired) electrons. The van der Waals surface area contributed by atoms with E-state index in [1.54, 1.807) is 59.4 Å². The fourth-order valence-corrected chi connectivity index (χ4v) is 3.21. The van der Waals surface area contributed by atoms with Crippen molar-refractivity contribution in [2.45, 2.75) is 13.5 Å². The minimum Gasteiger partial charge on any atom is -0.326 e. The third-order valence-corrected chi connectivity index (χ3v) is 4.80. The van der Waals surface area contributed by atoms with Gasteiger partial charge in [0.15, 0.2) is 0 Å². The van der Waals surface area contributed by atoms with E-state index in [1.165, 1.54) is 0 Å². The van der Waals surface area contributed by atoms with E-state index in [-0.39, 0.29) is 11.9 Å². The Labute approximate surface area is 158 Å². The number of hydrogen-bond donors (Lipinski definition) is 0. The number of rotatable bonds is 4. The number of nitrogens with zero attached hydrogens (tertiary/aromatic N) is 4. The van der Waals surface area contributed by atoms with Crippen LogP contribution in [0, 0.1) is 6.92 Å². The first-order chi connectivity index (χ1) is 12.4. The van der Waals surface area contributed by atoms with Gasteiger partial charge < -0.3 is 14.7 Å². The molecule has 136 valence electrons. The maximum atomic E-state index is 12.8. The summed E-state index contributed by atoms with van der Waals surface area (Å²) in [6.07, 6.45) is 3.37. The number of benzene rings is 1. The van der Waals surface area contributed by atoms with Crippen LogP contribution in [0.1, 0.15) is 21.5 Å². The van der Waals surface area contributed by atoms with E-state index in [0.29, 0.717) is 29.4 Å². The zero-order valence-corrected chi connectivity index (χ0v) is 15.8. The molecule has 0 atom stereocenters. The standard InChI is InChI=1S/C19H21ClN4O2/c1-13-8-15(20)4-5-17(13)18(25)23(3)16-9-14(10-21-11-16)12-24-7-6-22(2)19(24)26/h4-5,8-11H,6-7,12H2,1-3H3. The fraction of sp³-hybridized carbons (Fsp3) is 0.316. The monoisotopic (exact) mass is 372 g/mol. The van der Waals surface area contributed by atoms with E-state index in [9.17, 15) is 9.59 Å². The molecule has 0 bridgehead atoms. The van der Waals surface area contributed by atoms with Crippen molar-refractivity contribution in [2.24, 2.45) is 0 Å². The Kier molecular flexibility index (Phi) is 5.13. The third kappa shape index (κ3) is 3.65. The van der Waals surface area contributed by atoms with Gasteiger partial charge in [-0.1, -0.05) is 11.6 Å². The number of aryl methyl sites for hydroxylation is 1. The molecular formula is C19H21ClN4O2. The van der Waals surface area contributed by atoms with Crippen LogP contribution >= 0.6 is 11.6 Å². The number of carbonyl (C=O) groups is 2. The van der Waals surface area contributed by atoms with E-state index in [0.717, 1.165) is 17.7 Å². The van der Waals surface area contributed by atoms with Crippen LogP contribution in [0.5, 0.6) is 0 Å². The molecule has 0 N–H and O–H groups in total. The number of aromatic nitrogens is 1. The molecule has 2 heterocycles. The molecule has 26 heavy (non-hydrogen) atoms. The summed E-state index contributed by atoms with van der Waals surface area (Å²) in [5, 5.41) is 0.602. The SMILES string of the molecule is Cc1cc(Cl)ccc1C(=O)N(C)c1cncc(CN2CCN(C)C2=O)c1. The average Bonchev–Trinajstić information content (AvgIpc) is 2.93. The largest absolute Gasteiger partial charge is 0.326 e. The summed E-state index contributed by atoms with van der Waals surface area (Å²) in [4.78, 5) is 34.1. The summed E-state index contributed by atoms with van der Waals surface area (Å²) in [5.41, 5.74) is 2.99. The van der Waals surface area contributed by atoms with Crippen molar-refractivity contribution in [1.29, 1.82) is 0 Å². The number of carbonyl (C=O) groups excluding carboxylic acids is 2. The zero-order chi connectivity index (χ0) is 18.8. The molecule has 1 saturated heterocycles. The lowest BCUT2D eigenvalue weighted by Crippen LogP contribution is -2.29. The Morgan fingerprint density at radius 1 is 1.27 bits per heavy atom. The second-order valence-corrected chi connectivity index (χ2v) is 6.94. The van der Waals surface area contributed by atoms with E-state index in [4.69, 9.17) is 11.6 Å². The van der Waals surface area contributed by atoms with E-state index < -0.39 is 0 Å². The second kappa shape index (κ2) is 7.33. The van der Waals surface area contributed by atoms with Crippen LogP contribution in [0.15, 0.2) is 36.7 Å². The van der Waals surface area contributed by atoms with Crippen LogP contribution in [0.4, 0.5) is 10.5 Å². The number of anilines is 1. The number of urea groups is 1. The lowest BCUT2D eigenvalue weighted by Gasteiger charge is -2.20. The highest BCUT2D eigenvalue weighted by Crippen LogP contribution is 2.21. The summed E-state index contributed by atoms with van der Waals surface area (Å²) in [6, 6.07) is 7.11.